The summed E-state index contributed by atoms with van der Waals surface area (Å²) in [7, 11) is 0. The lowest BCUT2D eigenvalue weighted by Crippen LogP contribution is -2.48. The second-order valence-corrected chi connectivity index (χ2v) is 4.87. The van der Waals surface area contributed by atoms with Gasteiger partial charge in [-0.25, -0.2) is 0 Å². The van der Waals surface area contributed by atoms with Gasteiger partial charge in [-0.05, 0) is 44.2 Å². The zero-order valence-electron chi connectivity index (χ0n) is 9.44. The lowest BCUT2D eigenvalue weighted by molar-refractivity contribution is -0.157. The SMILES string of the molecule is CCOC(=O)C1C2CCC1(c1ccco1)C2. The number of hydrogen-bond acceptors (Lipinski definition) is 3. The molecule has 3 atom stereocenters. The molecule has 1 heterocycles. The highest BCUT2D eigenvalue weighted by Crippen LogP contribution is 2.64. The number of ether oxygens (including phenoxy) is 1. The van der Waals surface area contributed by atoms with Gasteiger partial charge in [0, 0.05) is 5.41 Å². The van der Waals surface area contributed by atoms with Crippen LogP contribution in [0.5, 0.6) is 0 Å². The average molecular weight is 220 g/mol. The van der Waals surface area contributed by atoms with E-state index in [9.17, 15) is 4.79 Å². The van der Waals surface area contributed by atoms with Crippen molar-refractivity contribution in [3.8, 4) is 0 Å². The molecule has 0 aliphatic heterocycles. The van der Waals surface area contributed by atoms with Gasteiger partial charge in [0.15, 0.2) is 0 Å². The first-order valence-corrected chi connectivity index (χ1v) is 5.98. The molecule has 0 radical (unpaired) electrons. The summed E-state index contributed by atoms with van der Waals surface area (Å²) in [6, 6.07) is 3.89. The average Bonchev–Trinajstić information content (AvgIpc) is 2.93. The van der Waals surface area contributed by atoms with Gasteiger partial charge >= 0.3 is 5.97 Å². The molecule has 3 aliphatic carbocycles. The van der Waals surface area contributed by atoms with Gasteiger partial charge in [-0.15, -0.1) is 0 Å². The number of carbonyl (C=O) groups excluding carboxylic acids is 1. The van der Waals surface area contributed by atoms with Crippen LogP contribution in [0, 0.1) is 11.8 Å². The van der Waals surface area contributed by atoms with Crippen LogP contribution in [0.4, 0.5) is 0 Å². The monoisotopic (exact) mass is 220 g/mol. The summed E-state index contributed by atoms with van der Waals surface area (Å²) < 4.78 is 10.7. The van der Waals surface area contributed by atoms with Crippen LogP contribution in [-0.2, 0) is 14.9 Å². The topological polar surface area (TPSA) is 39.4 Å². The molecule has 0 saturated heterocycles. The van der Waals surface area contributed by atoms with Gasteiger partial charge in [-0.3, -0.25) is 4.79 Å². The van der Waals surface area contributed by atoms with Crippen molar-refractivity contribution in [3.63, 3.8) is 0 Å². The fourth-order valence-electron chi connectivity index (χ4n) is 3.56. The molecule has 16 heavy (non-hydrogen) atoms. The Kier molecular flexibility index (Phi) is 2.09. The Morgan fingerprint density at radius 2 is 2.56 bits per heavy atom. The Hall–Kier alpha value is -1.25. The molecule has 0 aromatic carbocycles. The third kappa shape index (κ3) is 1.11. The number of hydrogen-bond donors (Lipinski definition) is 0. The quantitative estimate of drug-likeness (QED) is 0.735. The first kappa shape index (κ1) is 9.94. The van der Waals surface area contributed by atoms with Gasteiger partial charge in [-0.1, -0.05) is 0 Å². The summed E-state index contributed by atoms with van der Waals surface area (Å²) in [5.41, 5.74) is -0.0413. The summed E-state index contributed by atoms with van der Waals surface area (Å²) in [5.74, 6) is 1.50. The first-order valence-electron chi connectivity index (χ1n) is 5.98. The Bertz CT molecular complexity index is 391. The van der Waals surface area contributed by atoms with Crippen LogP contribution in [0.25, 0.3) is 0 Å². The largest absolute Gasteiger partial charge is 0.469 e. The Morgan fingerprint density at radius 1 is 1.69 bits per heavy atom. The van der Waals surface area contributed by atoms with E-state index >= 15 is 0 Å². The molecule has 0 spiro atoms. The molecule has 3 nitrogen and oxygen atoms in total. The molecule has 2 bridgehead atoms. The van der Waals surface area contributed by atoms with Gasteiger partial charge in [0.05, 0.1) is 18.8 Å². The van der Waals surface area contributed by atoms with E-state index in [0.29, 0.717) is 12.5 Å². The molecule has 3 fully saturated rings. The fraction of sp³-hybridized carbons (Fsp3) is 0.615. The maximum atomic E-state index is 11.9. The van der Waals surface area contributed by atoms with Crippen LogP contribution in [-0.4, -0.2) is 12.6 Å². The molecule has 4 rings (SSSR count). The lowest BCUT2D eigenvalue weighted by atomic mass is 9.59. The van der Waals surface area contributed by atoms with Gasteiger partial charge in [-0.2, -0.15) is 0 Å². The van der Waals surface area contributed by atoms with Crippen molar-refractivity contribution in [2.24, 2.45) is 11.8 Å². The van der Waals surface area contributed by atoms with Gasteiger partial charge in [0.2, 0.25) is 0 Å². The van der Waals surface area contributed by atoms with Crippen LogP contribution in [0.1, 0.15) is 31.9 Å². The molecule has 3 heteroatoms. The number of carbonyl (C=O) groups is 1. The van der Waals surface area contributed by atoms with Crippen LogP contribution in [0.2, 0.25) is 0 Å². The molecule has 0 N–H and O–H groups in total. The normalized spacial score (nSPS) is 35.8. The summed E-state index contributed by atoms with van der Waals surface area (Å²) in [4.78, 5) is 11.9. The van der Waals surface area contributed by atoms with E-state index in [1.165, 1.54) is 0 Å². The molecule has 3 saturated carbocycles. The third-order valence-electron chi connectivity index (χ3n) is 4.21. The Balaban J connectivity index is 1.88. The number of fused-ring (bicyclic) bond motifs is 1. The molecule has 86 valence electrons. The standard InChI is InChI=1S/C13H16O3/c1-2-15-12(14)11-9-5-6-13(11,8-9)10-4-3-7-16-10/h3-4,7,9,11H,2,5-6,8H2,1H3. The predicted molar refractivity (Wildman–Crippen MR) is 57.9 cm³/mol. The zero-order valence-corrected chi connectivity index (χ0v) is 9.44. The number of rotatable bonds is 3. The van der Waals surface area contributed by atoms with Crippen molar-refractivity contribution in [1.82, 2.24) is 0 Å². The summed E-state index contributed by atoms with van der Waals surface area (Å²) in [5, 5.41) is 0. The van der Waals surface area contributed by atoms with Gasteiger partial charge in [0.25, 0.3) is 0 Å². The van der Waals surface area contributed by atoms with E-state index in [4.69, 9.17) is 9.15 Å². The van der Waals surface area contributed by atoms with Crippen molar-refractivity contribution in [3.05, 3.63) is 24.2 Å². The molecule has 0 amide bonds. The molecule has 1 aromatic rings. The van der Waals surface area contributed by atoms with Crippen molar-refractivity contribution >= 4 is 5.97 Å². The van der Waals surface area contributed by atoms with Gasteiger partial charge < -0.3 is 9.15 Å². The van der Waals surface area contributed by atoms with Crippen molar-refractivity contribution in [2.45, 2.75) is 31.6 Å². The third-order valence-corrected chi connectivity index (χ3v) is 4.21. The van der Waals surface area contributed by atoms with Crippen LogP contribution in [0.15, 0.2) is 22.8 Å². The van der Waals surface area contributed by atoms with E-state index in [0.717, 1.165) is 25.0 Å². The highest BCUT2D eigenvalue weighted by Gasteiger charge is 2.64. The smallest absolute Gasteiger partial charge is 0.310 e. The van der Waals surface area contributed by atoms with E-state index in [1.807, 2.05) is 19.1 Å². The second kappa shape index (κ2) is 3.37. The maximum absolute atomic E-state index is 11.9. The van der Waals surface area contributed by atoms with Crippen molar-refractivity contribution in [1.29, 1.82) is 0 Å². The minimum Gasteiger partial charge on any atom is -0.469 e. The molecular formula is C13H16O3. The molecular weight excluding hydrogens is 204 g/mol. The molecule has 1 aromatic heterocycles. The maximum Gasteiger partial charge on any atom is 0.310 e. The Morgan fingerprint density at radius 3 is 3.19 bits per heavy atom. The lowest BCUT2D eigenvalue weighted by Gasteiger charge is -2.44. The zero-order chi connectivity index (χ0) is 11.2. The fourth-order valence-corrected chi connectivity index (χ4v) is 3.56. The van der Waals surface area contributed by atoms with Crippen LogP contribution >= 0.6 is 0 Å². The van der Waals surface area contributed by atoms with Crippen molar-refractivity contribution < 1.29 is 13.9 Å². The molecule has 3 aliphatic rings. The highest BCUT2D eigenvalue weighted by molar-refractivity contribution is 5.77. The Labute approximate surface area is 94.8 Å². The minimum absolute atomic E-state index is 0.0346. The van der Waals surface area contributed by atoms with E-state index in [1.54, 1.807) is 6.26 Å². The van der Waals surface area contributed by atoms with E-state index < -0.39 is 0 Å². The van der Waals surface area contributed by atoms with Crippen LogP contribution < -0.4 is 0 Å². The minimum atomic E-state index is -0.0413. The number of esters is 1. The summed E-state index contributed by atoms with van der Waals surface area (Å²) >= 11 is 0. The second-order valence-electron chi connectivity index (χ2n) is 4.87. The van der Waals surface area contributed by atoms with Crippen LogP contribution in [0.3, 0.4) is 0 Å². The van der Waals surface area contributed by atoms with Gasteiger partial charge in [0.1, 0.15) is 5.76 Å². The summed E-state index contributed by atoms with van der Waals surface area (Å²) in [6.07, 6.45) is 4.97. The molecule has 3 unspecified atom stereocenters. The number of furan rings is 1. The van der Waals surface area contributed by atoms with Crippen molar-refractivity contribution in [2.75, 3.05) is 6.61 Å². The summed E-state index contributed by atoms with van der Waals surface area (Å²) in [6.45, 7) is 2.33. The first-order chi connectivity index (χ1) is 7.78. The van der Waals surface area contributed by atoms with E-state index in [-0.39, 0.29) is 17.3 Å². The highest BCUT2D eigenvalue weighted by atomic mass is 16.5. The van der Waals surface area contributed by atoms with E-state index in [2.05, 4.69) is 0 Å². The predicted octanol–water partition coefficient (Wildman–Crippen LogP) is 2.51.